The number of carbonyl (C=O) groups is 1. The molecule has 2 aromatic carbocycles. The maximum Gasteiger partial charge on any atom is 0.243 e. The Kier molecular flexibility index (Phi) is 3.87. The molecule has 0 unspecified atom stereocenters. The van der Waals surface area contributed by atoms with E-state index in [0.717, 1.165) is 23.3 Å². The summed E-state index contributed by atoms with van der Waals surface area (Å²) in [5, 5.41) is 4.08. The molecule has 120 valence electrons. The monoisotopic (exact) mass is 318 g/mol. The predicted molar refractivity (Wildman–Crippen MR) is 93.8 cm³/mol. The first kappa shape index (κ1) is 14.7. The number of amides is 1. The van der Waals surface area contributed by atoms with Gasteiger partial charge in [0.2, 0.25) is 5.91 Å². The summed E-state index contributed by atoms with van der Waals surface area (Å²) < 4.78 is 5.66. The molecule has 2 aliphatic rings. The lowest BCUT2D eigenvalue weighted by molar-refractivity contribution is -0.122. The van der Waals surface area contributed by atoms with Crippen LogP contribution in [0.2, 0.25) is 0 Å². The van der Waals surface area contributed by atoms with Crippen molar-refractivity contribution in [1.82, 2.24) is 5.43 Å². The minimum atomic E-state index is -0.0159. The van der Waals surface area contributed by atoms with Crippen LogP contribution in [-0.2, 0) is 4.79 Å². The van der Waals surface area contributed by atoms with Gasteiger partial charge in [0.15, 0.2) is 0 Å². The molecule has 4 nitrogen and oxygen atoms in total. The van der Waals surface area contributed by atoms with Crippen molar-refractivity contribution in [2.75, 3.05) is 6.61 Å². The number of hydrogen-bond acceptors (Lipinski definition) is 3. The number of hydrazone groups is 1. The van der Waals surface area contributed by atoms with Crippen molar-refractivity contribution in [3.8, 4) is 5.75 Å². The zero-order valence-electron chi connectivity index (χ0n) is 13.2. The van der Waals surface area contributed by atoms with Gasteiger partial charge >= 0.3 is 0 Å². The van der Waals surface area contributed by atoms with Crippen LogP contribution >= 0.6 is 0 Å². The Morgan fingerprint density at radius 1 is 1.12 bits per heavy atom. The van der Waals surface area contributed by atoms with Crippen LogP contribution in [0.4, 0.5) is 0 Å². The fraction of sp³-hybridized carbons (Fsp3) is 0.200. The predicted octanol–water partition coefficient (Wildman–Crippen LogP) is 3.37. The van der Waals surface area contributed by atoms with E-state index in [0.29, 0.717) is 12.5 Å². The highest BCUT2D eigenvalue weighted by molar-refractivity contribution is 5.89. The van der Waals surface area contributed by atoms with Gasteiger partial charge in [-0.2, -0.15) is 5.10 Å². The Hall–Kier alpha value is -2.88. The number of carbonyl (C=O) groups excluding carboxylic acids is 1. The fourth-order valence-corrected chi connectivity index (χ4v) is 3.02. The SMILES string of the molecule is O=C(NN=CC1=Cc2ccccc2OC1)[C@H]1C[C@@H]1c1ccccc1. The van der Waals surface area contributed by atoms with Gasteiger partial charge in [0.1, 0.15) is 12.4 Å². The van der Waals surface area contributed by atoms with Gasteiger partial charge in [-0.15, -0.1) is 0 Å². The van der Waals surface area contributed by atoms with Gasteiger partial charge < -0.3 is 4.74 Å². The molecular formula is C20H18N2O2. The lowest BCUT2D eigenvalue weighted by atomic mass is 10.1. The number of para-hydroxylation sites is 1. The standard InChI is InChI=1S/C20H18N2O2/c23-20(18-11-17(18)15-6-2-1-3-7-15)22-21-12-14-10-16-8-4-5-9-19(16)24-13-14/h1-10,12,17-18H,11,13H2,(H,22,23)/t17-,18+/m1/s1. The van der Waals surface area contributed by atoms with E-state index in [4.69, 9.17) is 4.74 Å². The highest BCUT2D eigenvalue weighted by atomic mass is 16.5. The number of ether oxygens (including phenoxy) is 1. The largest absolute Gasteiger partial charge is 0.488 e. The zero-order valence-corrected chi connectivity index (χ0v) is 13.2. The van der Waals surface area contributed by atoms with E-state index in [1.807, 2.05) is 48.5 Å². The number of rotatable bonds is 4. The fourth-order valence-electron chi connectivity index (χ4n) is 3.02. The average molecular weight is 318 g/mol. The molecular weight excluding hydrogens is 300 g/mol. The van der Waals surface area contributed by atoms with Crippen molar-refractivity contribution in [2.24, 2.45) is 11.0 Å². The van der Waals surface area contributed by atoms with Crippen LogP contribution in [0.15, 0.2) is 65.3 Å². The molecule has 0 aromatic heterocycles. The Bertz CT molecular complexity index is 811. The van der Waals surface area contributed by atoms with Gasteiger partial charge in [0.25, 0.3) is 0 Å². The highest BCUT2D eigenvalue weighted by Crippen LogP contribution is 2.47. The smallest absolute Gasteiger partial charge is 0.243 e. The minimum absolute atomic E-state index is 0.0159. The molecule has 1 aliphatic carbocycles. The lowest BCUT2D eigenvalue weighted by Crippen LogP contribution is -2.20. The second-order valence-corrected chi connectivity index (χ2v) is 6.14. The van der Waals surface area contributed by atoms with Gasteiger partial charge in [0.05, 0.1) is 6.21 Å². The highest BCUT2D eigenvalue weighted by Gasteiger charge is 2.43. The van der Waals surface area contributed by atoms with Crippen molar-refractivity contribution in [1.29, 1.82) is 0 Å². The number of benzene rings is 2. The molecule has 1 fully saturated rings. The average Bonchev–Trinajstić information content (AvgIpc) is 3.43. The van der Waals surface area contributed by atoms with Crippen molar-refractivity contribution in [3.05, 3.63) is 71.3 Å². The van der Waals surface area contributed by atoms with Crippen LogP contribution in [0.1, 0.15) is 23.5 Å². The second kappa shape index (κ2) is 6.32. The Balaban J connectivity index is 1.34. The molecule has 0 saturated heterocycles. The topological polar surface area (TPSA) is 50.7 Å². The zero-order chi connectivity index (χ0) is 16.4. The van der Waals surface area contributed by atoms with E-state index >= 15 is 0 Å². The van der Waals surface area contributed by atoms with E-state index in [-0.39, 0.29) is 11.8 Å². The molecule has 1 amide bonds. The molecule has 2 atom stereocenters. The minimum Gasteiger partial charge on any atom is -0.488 e. The third-order valence-corrected chi connectivity index (χ3v) is 4.41. The number of nitrogens with zero attached hydrogens (tertiary/aromatic N) is 1. The molecule has 1 aliphatic heterocycles. The summed E-state index contributed by atoms with van der Waals surface area (Å²) in [6.45, 7) is 0.465. The van der Waals surface area contributed by atoms with E-state index in [1.165, 1.54) is 5.56 Å². The molecule has 1 N–H and O–H groups in total. The van der Waals surface area contributed by atoms with Crippen molar-refractivity contribution in [3.63, 3.8) is 0 Å². The normalized spacial score (nSPS) is 21.6. The molecule has 1 saturated carbocycles. The van der Waals surface area contributed by atoms with Crippen LogP contribution in [-0.4, -0.2) is 18.7 Å². The first-order valence-corrected chi connectivity index (χ1v) is 8.11. The Labute approximate surface area is 140 Å². The molecule has 0 bridgehead atoms. The van der Waals surface area contributed by atoms with Crippen LogP contribution < -0.4 is 10.2 Å². The van der Waals surface area contributed by atoms with Crippen molar-refractivity contribution in [2.45, 2.75) is 12.3 Å². The summed E-state index contributed by atoms with van der Waals surface area (Å²) in [5.74, 6) is 1.22. The maximum absolute atomic E-state index is 12.2. The number of nitrogens with one attached hydrogen (secondary N) is 1. The summed E-state index contributed by atoms with van der Waals surface area (Å²) in [6, 6.07) is 18.0. The molecule has 24 heavy (non-hydrogen) atoms. The summed E-state index contributed by atoms with van der Waals surface area (Å²) >= 11 is 0. The molecule has 4 rings (SSSR count). The van der Waals surface area contributed by atoms with E-state index in [1.54, 1.807) is 6.21 Å². The van der Waals surface area contributed by atoms with Crippen molar-refractivity contribution < 1.29 is 9.53 Å². The van der Waals surface area contributed by atoms with E-state index in [2.05, 4.69) is 22.7 Å². The summed E-state index contributed by atoms with van der Waals surface area (Å²) in [5.41, 5.74) is 5.84. The first-order chi connectivity index (χ1) is 11.8. The molecule has 2 aromatic rings. The molecule has 0 spiro atoms. The Morgan fingerprint density at radius 3 is 2.79 bits per heavy atom. The number of hydrogen-bond donors (Lipinski definition) is 1. The second-order valence-electron chi connectivity index (χ2n) is 6.14. The van der Waals surface area contributed by atoms with Gasteiger partial charge in [-0.1, -0.05) is 48.5 Å². The summed E-state index contributed by atoms with van der Waals surface area (Å²) in [4.78, 5) is 12.2. The van der Waals surface area contributed by atoms with Crippen molar-refractivity contribution >= 4 is 18.2 Å². The maximum atomic E-state index is 12.2. The number of fused-ring (bicyclic) bond motifs is 1. The van der Waals surface area contributed by atoms with Crippen LogP contribution in [0.25, 0.3) is 6.08 Å². The summed E-state index contributed by atoms with van der Waals surface area (Å²) in [6.07, 6.45) is 4.58. The van der Waals surface area contributed by atoms with Gasteiger partial charge in [-0.05, 0) is 30.0 Å². The van der Waals surface area contributed by atoms with Gasteiger partial charge in [0, 0.05) is 17.1 Å². The molecule has 4 heteroatoms. The van der Waals surface area contributed by atoms with E-state index in [9.17, 15) is 4.79 Å². The quantitative estimate of drug-likeness (QED) is 0.694. The van der Waals surface area contributed by atoms with Gasteiger partial charge in [-0.3, -0.25) is 4.79 Å². The van der Waals surface area contributed by atoms with Crippen LogP contribution in [0, 0.1) is 5.92 Å². The van der Waals surface area contributed by atoms with Crippen LogP contribution in [0.3, 0.4) is 0 Å². The van der Waals surface area contributed by atoms with Gasteiger partial charge in [-0.25, -0.2) is 5.43 Å². The van der Waals surface area contributed by atoms with Crippen LogP contribution in [0.5, 0.6) is 5.75 Å². The third-order valence-electron chi connectivity index (χ3n) is 4.41. The van der Waals surface area contributed by atoms with E-state index < -0.39 is 0 Å². The molecule has 0 radical (unpaired) electrons. The lowest BCUT2D eigenvalue weighted by Gasteiger charge is -2.15. The first-order valence-electron chi connectivity index (χ1n) is 8.11. The molecule has 1 heterocycles. The Morgan fingerprint density at radius 2 is 1.92 bits per heavy atom. The third kappa shape index (κ3) is 3.08. The summed E-state index contributed by atoms with van der Waals surface area (Å²) in [7, 11) is 0.